The lowest BCUT2D eigenvalue weighted by Crippen LogP contribution is -2.45. The van der Waals surface area contributed by atoms with E-state index in [1.165, 1.54) is 7.11 Å². The summed E-state index contributed by atoms with van der Waals surface area (Å²) in [5, 5.41) is 2.95. The second-order valence-electron chi connectivity index (χ2n) is 9.55. The van der Waals surface area contributed by atoms with Gasteiger partial charge in [0.15, 0.2) is 11.5 Å². The van der Waals surface area contributed by atoms with Crippen molar-refractivity contribution in [3.8, 4) is 11.5 Å². The number of benzene rings is 1. The van der Waals surface area contributed by atoms with Crippen molar-refractivity contribution in [3.05, 3.63) is 53.9 Å². The van der Waals surface area contributed by atoms with Crippen molar-refractivity contribution in [3.63, 3.8) is 0 Å². The molecule has 4 rings (SSSR count). The van der Waals surface area contributed by atoms with E-state index in [1.54, 1.807) is 20.4 Å². The molecule has 3 heterocycles. The zero-order valence-electron chi connectivity index (χ0n) is 21.4. The molecule has 2 fully saturated rings. The van der Waals surface area contributed by atoms with Crippen molar-refractivity contribution >= 4 is 12.0 Å². The maximum Gasteiger partial charge on any atom is 0.407 e. The topological polar surface area (TPSA) is 93.2 Å². The molecule has 1 N–H and O–H groups in total. The maximum atomic E-state index is 13.3. The van der Waals surface area contributed by atoms with Gasteiger partial charge in [0, 0.05) is 32.0 Å². The highest BCUT2D eigenvalue weighted by Gasteiger charge is 2.47. The molecule has 2 aromatic rings. The Balaban J connectivity index is 1.35. The van der Waals surface area contributed by atoms with Crippen LogP contribution in [0.5, 0.6) is 11.5 Å². The van der Waals surface area contributed by atoms with Crippen LogP contribution in [0.4, 0.5) is 4.79 Å². The molecule has 1 aromatic heterocycles. The number of methoxy groups -OCH3 is 3. The molecule has 2 saturated heterocycles. The Morgan fingerprint density at radius 2 is 1.83 bits per heavy atom. The fraction of sp³-hybridized carbons (Fsp3) is 0.519. The van der Waals surface area contributed by atoms with Crippen LogP contribution in [0.2, 0.25) is 0 Å². The summed E-state index contributed by atoms with van der Waals surface area (Å²) in [7, 11) is 4.55. The van der Waals surface area contributed by atoms with E-state index in [0.717, 1.165) is 56.6 Å². The molecule has 36 heavy (non-hydrogen) atoms. The normalized spacial score (nSPS) is 18.2. The van der Waals surface area contributed by atoms with E-state index in [-0.39, 0.29) is 17.4 Å². The molecular weight excluding hydrogens is 460 g/mol. The number of ether oxygens (including phenoxy) is 3. The van der Waals surface area contributed by atoms with E-state index in [0.29, 0.717) is 24.5 Å². The van der Waals surface area contributed by atoms with E-state index < -0.39 is 6.09 Å². The Morgan fingerprint density at radius 3 is 2.50 bits per heavy atom. The summed E-state index contributed by atoms with van der Waals surface area (Å²) < 4.78 is 15.6. The van der Waals surface area contributed by atoms with Crippen LogP contribution in [0.3, 0.4) is 0 Å². The van der Waals surface area contributed by atoms with Crippen LogP contribution in [0.15, 0.2) is 42.7 Å². The summed E-state index contributed by atoms with van der Waals surface area (Å²) in [6.07, 6.45) is 6.46. The smallest absolute Gasteiger partial charge is 0.407 e. The molecule has 194 valence electrons. The summed E-state index contributed by atoms with van der Waals surface area (Å²) in [4.78, 5) is 33.9. The second-order valence-corrected chi connectivity index (χ2v) is 9.55. The zero-order chi connectivity index (χ0) is 25.5. The molecule has 1 atom stereocenters. The van der Waals surface area contributed by atoms with Crippen LogP contribution >= 0.6 is 0 Å². The predicted molar refractivity (Wildman–Crippen MR) is 135 cm³/mol. The molecule has 0 saturated carbocycles. The van der Waals surface area contributed by atoms with Crippen LogP contribution < -0.4 is 14.8 Å². The first-order valence-electron chi connectivity index (χ1n) is 12.4. The highest BCUT2D eigenvalue weighted by atomic mass is 16.5. The van der Waals surface area contributed by atoms with Crippen LogP contribution in [0.25, 0.3) is 0 Å². The molecular formula is C27H36N4O5. The molecule has 2 aliphatic heterocycles. The van der Waals surface area contributed by atoms with Gasteiger partial charge in [-0.1, -0.05) is 12.1 Å². The third-order valence-corrected chi connectivity index (χ3v) is 7.53. The fourth-order valence-corrected chi connectivity index (χ4v) is 5.33. The van der Waals surface area contributed by atoms with Gasteiger partial charge in [0.2, 0.25) is 5.91 Å². The molecule has 1 unspecified atom stereocenters. The Bertz CT molecular complexity index is 1040. The minimum atomic E-state index is -0.474. The first kappa shape index (κ1) is 25.8. The van der Waals surface area contributed by atoms with Gasteiger partial charge in [-0.05, 0) is 68.1 Å². The van der Waals surface area contributed by atoms with Crippen molar-refractivity contribution in [1.29, 1.82) is 0 Å². The van der Waals surface area contributed by atoms with Crippen molar-refractivity contribution in [1.82, 2.24) is 20.1 Å². The van der Waals surface area contributed by atoms with E-state index in [2.05, 4.69) is 15.2 Å². The Hall–Kier alpha value is -3.33. The average molecular weight is 497 g/mol. The number of carbonyl (C=O) groups is 2. The summed E-state index contributed by atoms with van der Waals surface area (Å²) in [6, 6.07) is 9.35. The van der Waals surface area contributed by atoms with Gasteiger partial charge < -0.3 is 29.3 Å². The van der Waals surface area contributed by atoms with Gasteiger partial charge in [-0.3, -0.25) is 9.78 Å². The third kappa shape index (κ3) is 5.73. The summed E-state index contributed by atoms with van der Waals surface area (Å²) in [5.41, 5.74) is 1.74. The number of likely N-dealkylation sites (tertiary alicyclic amines) is 2. The number of nitrogens with zero attached hydrogens (tertiary/aromatic N) is 3. The number of hydrogen-bond donors (Lipinski definition) is 1. The molecule has 0 bridgehead atoms. The van der Waals surface area contributed by atoms with Crippen LogP contribution in [-0.4, -0.2) is 74.3 Å². The first-order chi connectivity index (χ1) is 17.5. The molecule has 9 heteroatoms. The monoisotopic (exact) mass is 496 g/mol. The van der Waals surface area contributed by atoms with Gasteiger partial charge in [0.05, 0.1) is 32.8 Å². The van der Waals surface area contributed by atoms with Crippen molar-refractivity contribution in [2.24, 2.45) is 5.41 Å². The number of rotatable bonds is 9. The standard InChI is InChI=1S/C27H36N4O5/c1-34-23-7-6-21(17-24(23)35-2)22(29-26(33)36-3)8-13-30-14-9-27(10-15-30)11-16-31(25(27)32)19-20-5-4-12-28-18-20/h4-7,12,17-18,22H,8-11,13-16,19H2,1-3H3,(H,29,33). The van der Waals surface area contributed by atoms with E-state index in [4.69, 9.17) is 14.2 Å². The quantitative estimate of drug-likeness (QED) is 0.569. The lowest BCUT2D eigenvalue weighted by molar-refractivity contribution is -0.138. The number of hydrogen-bond acceptors (Lipinski definition) is 7. The number of piperidine rings is 1. The van der Waals surface area contributed by atoms with Crippen LogP contribution in [0, 0.1) is 5.41 Å². The number of alkyl carbamates (subject to hydrolysis) is 1. The number of nitrogens with one attached hydrogen (secondary N) is 1. The maximum absolute atomic E-state index is 13.3. The summed E-state index contributed by atoms with van der Waals surface area (Å²) in [6.45, 7) is 3.96. The Kier molecular flexibility index (Phi) is 8.30. The van der Waals surface area contributed by atoms with Crippen molar-refractivity contribution in [2.45, 2.75) is 38.3 Å². The van der Waals surface area contributed by atoms with Gasteiger partial charge in [-0.15, -0.1) is 0 Å². The van der Waals surface area contributed by atoms with Gasteiger partial charge in [0.25, 0.3) is 0 Å². The van der Waals surface area contributed by atoms with E-state index >= 15 is 0 Å². The minimum absolute atomic E-state index is 0.240. The third-order valence-electron chi connectivity index (χ3n) is 7.53. The predicted octanol–water partition coefficient (Wildman–Crippen LogP) is 3.40. The van der Waals surface area contributed by atoms with Gasteiger partial charge in [-0.25, -0.2) is 4.79 Å². The second kappa shape index (κ2) is 11.6. The van der Waals surface area contributed by atoms with E-state index in [1.807, 2.05) is 41.4 Å². The van der Waals surface area contributed by atoms with Gasteiger partial charge >= 0.3 is 6.09 Å². The van der Waals surface area contributed by atoms with Crippen molar-refractivity contribution < 1.29 is 23.8 Å². The molecule has 1 spiro atoms. The Labute approximate surface area is 212 Å². The zero-order valence-corrected chi connectivity index (χ0v) is 21.4. The highest BCUT2D eigenvalue weighted by molar-refractivity contribution is 5.85. The number of amides is 2. The average Bonchev–Trinajstić information content (AvgIpc) is 3.21. The number of aromatic nitrogens is 1. The van der Waals surface area contributed by atoms with Gasteiger partial charge in [0.1, 0.15) is 0 Å². The summed E-state index contributed by atoms with van der Waals surface area (Å²) >= 11 is 0. The molecule has 1 aromatic carbocycles. The van der Waals surface area contributed by atoms with Crippen LogP contribution in [0.1, 0.15) is 42.9 Å². The molecule has 0 aliphatic carbocycles. The number of carbonyl (C=O) groups excluding carboxylic acids is 2. The Morgan fingerprint density at radius 1 is 1.08 bits per heavy atom. The molecule has 9 nitrogen and oxygen atoms in total. The largest absolute Gasteiger partial charge is 0.493 e. The highest BCUT2D eigenvalue weighted by Crippen LogP contribution is 2.42. The lowest BCUT2D eigenvalue weighted by atomic mass is 9.77. The van der Waals surface area contributed by atoms with Crippen molar-refractivity contribution in [2.75, 3.05) is 47.5 Å². The number of pyridine rings is 1. The van der Waals surface area contributed by atoms with E-state index in [9.17, 15) is 9.59 Å². The fourth-order valence-electron chi connectivity index (χ4n) is 5.33. The molecule has 2 aliphatic rings. The first-order valence-corrected chi connectivity index (χ1v) is 12.4. The summed E-state index contributed by atoms with van der Waals surface area (Å²) in [5.74, 6) is 1.53. The van der Waals surface area contributed by atoms with Crippen LogP contribution in [-0.2, 0) is 16.1 Å². The SMILES string of the molecule is COC(=O)NC(CCN1CCC2(CC1)CCN(Cc1cccnc1)C2=O)c1ccc(OC)c(OC)c1. The van der Waals surface area contributed by atoms with Gasteiger partial charge in [-0.2, -0.15) is 0 Å². The minimum Gasteiger partial charge on any atom is -0.493 e. The molecule has 0 radical (unpaired) electrons. The molecule has 2 amide bonds. The lowest BCUT2D eigenvalue weighted by Gasteiger charge is -2.38.